The fraction of sp³-hybridized carbons (Fsp3) is 0.150. The highest BCUT2D eigenvalue weighted by atomic mass is 32.1. The molecule has 1 aromatic carbocycles. The van der Waals surface area contributed by atoms with Crippen LogP contribution in [0.15, 0.2) is 47.4 Å². The van der Waals surface area contributed by atoms with Crippen LogP contribution in [-0.4, -0.2) is 21.8 Å². The minimum absolute atomic E-state index is 0.0236. The van der Waals surface area contributed by atoms with Gasteiger partial charge >= 0.3 is 5.91 Å². The summed E-state index contributed by atoms with van der Waals surface area (Å²) in [4.78, 5) is 33.2. The van der Waals surface area contributed by atoms with Gasteiger partial charge in [-0.3, -0.25) is 14.5 Å². The van der Waals surface area contributed by atoms with Crippen molar-refractivity contribution < 1.29 is 19.1 Å². The standard InChI is InChI=1S/C20H15FN2O3S2/c1-10-11(2)28-20(22-10)23-16(14-4-3-9-27-14)15(18(25)19(23)26)17(24)12-5-7-13(21)8-6-12/h3-9,16,24H,1-2H3/b17-15+. The number of thiophene rings is 1. The molecule has 1 N–H and O–H groups in total. The number of aromatic nitrogens is 1. The lowest BCUT2D eigenvalue weighted by Crippen LogP contribution is -2.29. The summed E-state index contributed by atoms with van der Waals surface area (Å²) < 4.78 is 13.3. The molecule has 1 amide bonds. The molecule has 142 valence electrons. The van der Waals surface area contributed by atoms with Gasteiger partial charge in [0.1, 0.15) is 17.6 Å². The maximum absolute atomic E-state index is 13.3. The van der Waals surface area contributed by atoms with Gasteiger partial charge in [-0.1, -0.05) is 6.07 Å². The van der Waals surface area contributed by atoms with E-state index in [-0.39, 0.29) is 16.9 Å². The number of ketones is 1. The second-order valence-electron chi connectivity index (χ2n) is 6.33. The van der Waals surface area contributed by atoms with Crippen LogP contribution in [0.1, 0.15) is 27.1 Å². The fourth-order valence-corrected chi connectivity index (χ4v) is 4.83. The lowest BCUT2D eigenvalue weighted by molar-refractivity contribution is -0.132. The Bertz CT molecular complexity index is 1080. The van der Waals surface area contributed by atoms with Crippen LogP contribution in [0.2, 0.25) is 0 Å². The van der Waals surface area contributed by atoms with E-state index >= 15 is 0 Å². The monoisotopic (exact) mass is 414 g/mol. The smallest absolute Gasteiger partial charge is 0.301 e. The predicted molar refractivity (Wildman–Crippen MR) is 107 cm³/mol. The van der Waals surface area contributed by atoms with E-state index in [2.05, 4.69) is 4.98 Å². The molecule has 2 aromatic heterocycles. The molecule has 1 atom stereocenters. The summed E-state index contributed by atoms with van der Waals surface area (Å²) in [6.07, 6.45) is 0. The van der Waals surface area contributed by atoms with Gasteiger partial charge in [-0.25, -0.2) is 9.37 Å². The zero-order chi connectivity index (χ0) is 20.0. The highest BCUT2D eigenvalue weighted by Gasteiger charge is 2.48. The zero-order valence-electron chi connectivity index (χ0n) is 15.0. The van der Waals surface area contributed by atoms with Crippen molar-refractivity contribution in [1.29, 1.82) is 0 Å². The van der Waals surface area contributed by atoms with Crippen molar-refractivity contribution in [2.45, 2.75) is 19.9 Å². The second-order valence-corrected chi connectivity index (χ2v) is 8.49. The lowest BCUT2D eigenvalue weighted by atomic mass is 10.00. The summed E-state index contributed by atoms with van der Waals surface area (Å²) in [5.74, 6) is -2.31. The first kappa shape index (κ1) is 18.5. The Labute approximate surface area is 168 Å². The van der Waals surface area contributed by atoms with Crippen LogP contribution in [-0.2, 0) is 9.59 Å². The van der Waals surface area contributed by atoms with Crippen LogP contribution < -0.4 is 4.90 Å². The molecule has 1 unspecified atom stereocenters. The molecular formula is C20H15FN2O3S2. The van der Waals surface area contributed by atoms with Crippen LogP contribution >= 0.6 is 22.7 Å². The number of benzene rings is 1. The third-order valence-corrected chi connectivity index (χ3v) is 6.59. The number of amides is 1. The average Bonchev–Trinajstić information content (AvgIpc) is 3.36. The van der Waals surface area contributed by atoms with Crippen LogP contribution in [0.3, 0.4) is 0 Å². The summed E-state index contributed by atoms with van der Waals surface area (Å²) in [6.45, 7) is 3.73. The van der Waals surface area contributed by atoms with Crippen molar-refractivity contribution >= 4 is 45.3 Å². The van der Waals surface area contributed by atoms with E-state index in [0.29, 0.717) is 5.13 Å². The summed E-state index contributed by atoms with van der Waals surface area (Å²) >= 11 is 2.70. The molecule has 1 aliphatic rings. The number of carbonyl (C=O) groups is 2. The average molecular weight is 414 g/mol. The van der Waals surface area contributed by atoms with E-state index in [1.54, 1.807) is 6.07 Å². The number of thiazole rings is 1. The fourth-order valence-electron chi connectivity index (χ4n) is 3.07. The summed E-state index contributed by atoms with van der Waals surface area (Å²) in [6, 6.07) is 7.98. The molecule has 3 heterocycles. The topological polar surface area (TPSA) is 70.5 Å². The van der Waals surface area contributed by atoms with Crippen molar-refractivity contribution in [3.8, 4) is 0 Å². The minimum Gasteiger partial charge on any atom is -0.507 e. The molecule has 3 aromatic rings. The molecule has 1 aliphatic heterocycles. The van der Waals surface area contributed by atoms with Gasteiger partial charge in [-0.15, -0.1) is 22.7 Å². The van der Waals surface area contributed by atoms with E-state index < -0.39 is 23.5 Å². The van der Waals surface area contributed by atoms with Gasteiger partial charge in [0.15, 0.2) is 5.13 Å². The maximum Gasteiger partial charge on any atom is 0.301 e. The maximum atomic E-state index is 13.3. The van der Waals surface area contributed by atoms with Gasteiger partial charge in [0, 0.05) is 15.3 Å². The summed E-state index contributed by atoms with van der Waals surface area (Å²) in [7, 11) is 0. The molecule has 0 spiro atoms. The Hall–Kier alpha value is -2.84. The number of aryl methyl sites for hydroxylation is 2. The molecule has 8 heteroatoms. The molecule has 0 radical (unpaired) electrons. The van der Waals surface area contributed by atoms with Crippen molar-refractivity contribution in [3.05, 3.63) is 74.2 Å². The Balaban J connectivity index is 1.92. The number of nitrogens with zero attached hydrogens (tertiary/aromatic N) is 2. The first-order chi connectivity index (χ1) is 13.4. The molecule has 0 aliphatic carbocycles. The van der Waals surface area contributed by atoms with Crippen LogP contribution in [0, 0.1) is 19.7 Å². The number of aliphatic hydroxyl groups excluding tert-OH is 1. The zero-order valence-corrected chi connectivity index (χ0v) is 16.6. The lowest BCUT2D eigenvalue weighted by Gasteiger charge is -2.21. The Morgan fingerprint density at radius 3 is 2.46 bits per heavy atom. The van der Waals surface area contributed by atoms with E-state index in [1.807, 2.05) is 25.3 Å². The first-order valence-corrected chi connectivity index (χ1v) is 10.1. The van der Waals surface area contributed by atoms with E-state index in [0.717, 1.165) is 15.4 Å². The number of Topliss-reactive ketones (excluding diaryl/α,β-unsaturated/α-hetero) is 1. The van der Waals surface area contributed by atoms with E-state index in [9.17, 15) is 19.1 Å². The molecule has 0 bridgehead atoms. The van der Waals surface area contributed by atoms with Gasteiger partial charge in [0.05, 0.1) is 11.3 Å². The number of hydrogen-bond acceptors (Lipinski definition) is 6. The predicted octanol–water partition coefficient (Wildman–Crippen LogP) is 4.59. The third-order valence-electron chi connectivity index (χ3n) is 4.60. The normalized spacial score (nSPS) is 18.8. The van der Waals surface area contributed by atoms with Crippen molar-refractivity contribution in [3.63, 3.8) is 0 Å². The molecule has 28 heavy (non-hydrogen) atoms. The molecule has 0 saturated carbocycles. The van der Waals surface area contributed by atoms with E-state index in [4.69, 9.17) is 0 Å². The first-order valence-electron chi connectivity index (χ1n) is 8.43. The van der Waals surface area contributed by atoms with Crippen LogP contribution in [0.4, 0.5) is 9.52 Å². The third kappa shape index (κ3) is 2.94. The SMILES string of the molecule is Cc1nc(N2C(=O)C(=O)/C(=C(/O)c3ccc(F)cc3)C2c2cccs2)sc1C. The van der Waals surface area contributed by atoms with Gasteiger partial charge in [-0.2, -0.15) is 0 Å². The highest BCUT2D eigenvalue weighted by Crippen LogP contribution is 2.44. The minimum atomic E-state index is -0.786. The van der Waals surface area contributed by atoms with Gasteiger partial charge < -0.3 is 5.11 Å². The van der Waals surface area contributed by atoms with Crippen molar-refractivity contribution in [2.75, 3.05) is 4.90 Å². The largest absolute Gasteiger partial charge is 0.507 e. The number of carbonyl (C=O) groups excluding carboxylic acids is 2. The number of anilines is 1. The Morgan fingerprint density at radius 1 is 1.18 bits per heavy atom. The summed E-state index contributed by atoms with van der Waals surface area (Å²) in [5.41, 5.74) is 1.03. The molecular weight excluding hydrogens is 399 g/mol. The van der Waals surface area contributed by atoms with Gasteiger partial charge in [0.25, 0.3) is 5.78 Å². The summed E-state index contributed by atoms with van der Waals surface area (Å²) in [5, 5.41) is 13.1. The molecule has 4 rings (SSSR count). The Kier molecular flexibility index (Phi) is 4.60. The van der Waals surface area contributed by atoms with Crippen LogP contribution in [0.25, 0.3) is 5.76 Å². The Morgan fingerprint density at radius 2 is 1.89 bits per heavy atom. The highest BCUT2D eigenvalue weighted by molar-refractivity contribution is 7.16. The number of rotatable bonds is 3. The van der Waals surface area contributed by atoms with E-state index in [1.165, 1.54) is 51.8 Å². The molecule has 1 fully saturated rings. The quantitative estimate of drug-likeness (QED) is 0.387. The molecule has 5 nitrogen and oxygen atoms in total. The van der Waals surface area contributed by atoms with Gasteiger partial charge in [-0.05, 0) is 49.6 Å². The molecule has 1 saturated heterocycles. The number of hydrogen-bond donors (Lipinski definition) is 1. The second kappa shape index (κ2) is 6.96. The van der Waals surface area contributed by atoms with Crippen LogP contribution in [0.5, 0.6) is 0 Å². The number of aliphatic hydroxyl groups is 1. The number of halogens is 1. The van der Waals surface area contributed by atoms with Crippen molar-refractivity contribution in [1.82, 2.24) is 4.98 Å². The van der Waals surface area contributed by atoms with Crippen molar-refractivity contribution in [2.24, 2.45) is 0 Å². The van der Waals surface area contributed by atoms with Gasteiger partial charge in [0.2, 0.25) is 0 Å².